The Morgan fingerprint density at radius 1 is 0.750 bits per heavy atom. The van der Waals surface area contributed by atoms with Gasteiger partial charge in [0.1, 0.15) is 0 Å². The monoisotopic (exact) mass is 286 g/mol. The van der Waals surface area contributed by atoms with Crippen molar-refractivity contribution in [3.05, 3.63) is 23.3 Å². The van der Waals surface area contributed by atoms with Crippen LogP contribution in [0.4, 0.5) is 0 Å². The molecule has 0 atom stereocenters. The molecule has 0 fully saturated rings. The molecule has 0 aliphatic carbocycles. The predicted molar refractivity (Wildman–Crippen MR) is 73.3 cm³/mol. The lowest BCUT2D eigenvalue weighted by atomic mass is 10.1. The Kier molecular flexibility index (Phi) is 10.3. The highest BCUT2D eigenvalue weighted by Gasteiger charge is 2.06. The molecule has 0 aromatic heterocycles. The van der Waals surface area contributed by atoms with Crippen LogP contribution in [0.5, 0.6) is 0 Å². The van der Waals surface area contributed by atoms with E-state index in [0.29, 0.717) is 12.8 Å². The molecule has 0 amide bonds. The van der Waals surface area contributed by atoms with Gasteiger partial charge in [-0.05, 0) is 25.7 Å². The smallest absolute Gasteiger partial charge is 0.331 e. The van der Waals surface area contributed by atoms with Crippen LogP contribution in [0.3, 0.4) is 0 Å². The van der Waals surface area contributed by atoms with Gasteiger partial charge in [0.25, 0.3) is 0 Å². The Hall–Kier alpha value is -1.66. The first kappa shape index (κ1) is 18.3. The highest BCUT2D eigenvalue weighted by atomic mass is 16.4. The van der Waals surface area contributed by atoms with Gasteiger partial charge in [-0.25, -0.2) is 9.59 Å². The van der Waals surface area contributed by atoms with Crippen LogP contribution in [0.1, 0.15) is 38.5 Å². The van der Waals surface area contributed by atoms with Crippen molar-refractivity contribution in [3.8, 4) is 0 Å². The molecule has 4 N–H and O–H groups in total. The lowest BCUT2D eigenvalue weighted by molar-refractivity contribution is -0.133. The SMILES string of the molecule is O=C(O)/C(=C\CCCC/C=C(\CCO)C(=O)O)CCO. The minimum absolute atomic E-state index is 0.134. The molecule has 20 heavy (non-hydrogen) atoms. The van der Waals surface area contributed by atoms with Crippen molar-refractivity contribution in [1.29, 1.82) is 0 Å². The van der Waals surface area contributed by atoms with Crippen LogP contribution in [0.25, 0.3) is 0 Å². The molecule has 0 saturated heterocycles. The van der Waals surface area contributed by atoms with E-state index in [4.69, 9.17) is 20.4 Å². The van der Waals surface area contributed by atoms with Gasteiger partial charge in [0.05, 0.1) is 0 Å². The molecule has 0 heterocycles. The summed E-state index contributed by atoms with van der Waals surface area (Å²) in [5.74, 6) is -2.04. The van der Waals surface area contributed by atoms with Crippen molar-refractivity contribution in [1.82, 2.24) is 0 Å². The van der Waals surface area contributed by atoms with E-state index < -0.39 is 11.9 Å². The number of aliphatic hydroxyl groups is 2. The molecule has 0 spiro atoms. The number of carboxylic acid groups (broad SMARTS) is 2. The van der Waals surface area contributed by atoms with Crippen molar-refractivity contribution in [2.45, 2.75) is 38.5 Å². The number of unbranched alkanes of at least 4 members (excludes halogenated alkanes) is 3. The summed E-state index contributed by atoms with van der Waals surface area (Å²) in [7, 11) is 0. The molecule has 0 rings (SSSR count). The zero-order valence-electron chi connectivity index (χ0n) is 11.4. The molecular formula is C14H22O6. The average Bonchev–Trinajstić information content (AvgIpc) is 2.39. The third kappa shape index (κ3) is 8.44. The molecule has 0 saturated carbocycles. The van der Waals surface area contributed by atoms with Gasteiger partial charge in [-0.2, -0.15) is 0 Å². The van der Waals surface area contributed by atoms with E-state index in [0.717, 1.165) is 12.8 Å². The standard InChI is InChI=1S/C14H22O6/c15-9-7-11(13(17)18)5-3-1-2-4-6-12(8-10-16)14(19)20/h5-6,15-16H,1-4,7-10H2,(H,17,18)(H,19,20)/b11-5-,12-6+. The Bertz CT molecular complexity index is 334. The molecule has 0 radical (unpaired) electrons. The van der Waals surface area contributed by atoms with Crippen molar-refractivity contribution < 1.29 is 30.0 Å². The van der Waals surface area contributed by atoms with Gasteiger partial charge >= 0.3 is 11.9 Å². The second-order valence-corrected chi connectivity index (χ2v) is 4.30. The van der Waals surface area contributed by atoms with Crippen LogP contribution in [-0.4, -0.2) is 45.6 Å². The van der Waals surface area contributed by atoms with Crippen molar-refractivity contribution >= 4 is 11.9 Å². The van der Waals surface area contributed by atoms with E-state index in [1.165, 1.54) is 0 Å². The normalized spacial score (nSPS) is 12.5. The van der Waals surface area contributed by atoms with Crippen molar-refractivity contribution in [2.24, 2.45) is 0 Å². The lowest BCUT2D eigenvalue weighted by Crippen LogP contribution is -2.03. The fourth-order valence-corrected chi connectivity index (χ4v) is 1.67. The van der Waals surface area contributed by atoms with Gasteiger partial charge in [-0.15, -0.1) is 0 Å². The lowest BCUT2D eigenvalue weighted by Gasteiger charge is -2.01. The Morgan fingerprint density at radius 2 is 1.10 bits per heavy atom. The van der Waals surface area contributed by atoms with E-state index in [2.05, 4.69) is 0 Å². The van der Waals surface area contributed by atoms with Gasteiger partial charge in [0, 0.05) is 37.2 Å². The highest BCUT2D eigenvalue weighted by Crippen LogP contribution is 2.10. The van der Waals surface area contributed by atoms with Gasteiger partial charge in [-0.1, -0.05) is 12.2 Å². The highest BCUT2D eigenvalue weighted by molar-refractivity contribution is 5.86. The number of carboxylic acids is 2. The van der Waals surface area contributed by atoms with Crippen LogP contribution in [0.2, 0.25) is 0 Å². The minimum atomic E-state index is -1.02. The largest absolute Gasteiger partial charge is 0.478 e. The number of hydrogen-bond donors (Lipinski definition) is 4. The molecule has 6 heteroatoms. The number of carbonyl (C=O) groups is 2. The van der Waals surface area contributed by atoms with E-state index >= 15 is 0 Å². The fourth-order valence-electron chi connectivity index (χ4n) is 1.67. The maximum absolute atomic E-state index is 10.8. The van der Waals surface area contributed by atoms with Crippen LogP contribution in [0.15, 0.2) is 23.3 Å². The molecule has 0 aromatic rings. The number of aliphatic carboxylic acids is 2. The first-order chi connectivity index (χ1) is 9.52. The molecule has 6 nitrogen and oxygen atoms in total. The Morgan fingerprint density at radius 3 is 1.35 bits per heavy atom. The molecule has 0 aliphatic heterocycles. The zero-order valence-corrected chi connectivity index (χ0v) is 11.4. The second kappa shape index (κ2) is 11.2. The summed E-state index contributed by atoms with van der Waals surface area (Å²) in [4.78, 5) is 21.5. The minimum Gasteiger partial charge on any atom is -0.478 e. The second-order valence-electron chi connectivity index (χ2n) is 4.30. The van der Waals surface area contributed by atoms with Crippen LogP contribution >= 0.6 is 0 Å². The molecule has 0 bridgehead atoms. The maximum atomic E-state index is 10.8. The van der Waals surface area contributed by atoms with Crippen LogP contribution in [-0.2, 0) is 9.59 Å². The van der Waals surface area contributed by atoms with E-state index in [-0.39, 0.29) is 37.2 Å². The zero-order chi connectivity index (χ0) is 15.4. The predicted octanol–water partition coefficient (Wildman–Crippen LogP) is 1.33. The van der Waals surface area contributed by atoms with Crippen molar-refractivity contribution in [3.63, 3.8) is 0 Å². The number of aliphatic hydroxyl groups excluding tert-OH is 2. The summed E-state index contributed by atoms with van der Waals surface area (Å²) in [6, 6.07) is 0. The molecule has 114 valence electrons. The molecule has 0 aromatic carbocycles. The van der Waals surface area contributed by atoms with Gasteiger partial charge in [0.2, 0.25) is 0 Å². The van der Waals surface area contributed by atoms with E-state index in [9.17, 15) is 9.59 Å². The third-order valence-electron chi connectivity index (χ3n) is 2.75. The van der Waals surface area contributed by atoms with Gasteiger partial charge in [-0.3, -0.25) is 0 Å². The summed E-state index contributed by atoms with van der Waals surface area (Å²) in [6.07, 6.45) is 6.09. The topological polar surface area (TPSA) is 115 Å². The summed E-state index contributed by atoms with van der Waals surface area (Å²) < 4.78 is 0. The maximum Gasteiger partial charge on any atom is 0.331 e. The first-order valence-corrected chi connectivity index (χ1v) is 6.59. The quantitative estimate of drug-likeness (QED) is 0.336. The Labute approximate surface area is 118 Å². The molecule has 0 unspecified atom stereocenters. The van der Waals surface area contributed by atoms with E-state index in [1.807, 2.05) is 0 Å². The van der Waals surface area contributed by atoms with E-state index in [1.54, 1.807) is 12.2 Å². The average molecular weight is 286 g/mol. The number of rotatable bonds is 11. The molecule has 0 aliphatic rings. The summed E-state index contributed by atoms with van der Waals surface area (Å²) >= 11 is 0. The first-order valence-electron chi connectivity index (χ1n) is 6.59. The number of allylic oxidation sites excluding steroid dienone is 2. The third-order valence-corrected chi connectivity index (χ3v) is 2.75. The van der Waals surface area contributed by atoms with Crippen LogP contribution < -0.4 is 0 Å². The molecular weight excluding hydrogens is 264 g/mol. The summed E-state index contributed by atoms with van der Waals surface area (Å²) in [5, 5.41) is 35.0. The fraction of sp³-hybridized carbons (Fsp3) is 0.571. The van der Waals surface area contributed by atoms with Crippen molar-refractivity contribution in [2.75, 3.05) is 13.2 Å². The van der Waals surface area contributed by atoms with Crippen LogP contribution in [0, 0.1) is 0 Å². The van der Waals surface area contributed by atoms with Gasteiger partial charge < -0.3 is 20.4 Å². The Balaban J connectivity index is 4.07. The summed E-state index contributed by atoms with van der Waals surface area (Å²) in [5.41, 5.74) is 0.407. The van der Waals surface area contributed by atoms with Gasteiger partial charge in [0.15, 0.2) is 0 Å². The number of hydrogen-bond acceptors (Lipinski definition) is 4. The summed E-state index contributed by atoms with van der Waals surface area (Å²) in [6.45, 7) is -0.381.